The number of carbonyl (C=O) groups excluding carboxylic acids is 1. The van der Waals surface area contributed by atoms with Crippen LogP contribution in [0.5, 0.6) is 0 Å². The normalized spacial score (nSPS) is 29.5. The van der Waals surface area contributed by atoms with Crippen LogP contribution in [0.1, 0.15) is 64.7 Å². The van der Waals surface area contributed by atoms with Crippen molar-refractivity contribution in [3.8, 4) is 0 Å². The van der Waals surface area contributed by atoms with E-state index in [-0.39, 0.29) is 5.97 Å². The van der Waals surface area contributed by atoms with Gasteiger partial charge in [-0.2, -0.15) is 0 Å². The van der Waals surface area contributed by atoms with E-state index in [0.29, 0.717) is 41.9 Å². The zero-order valence-electron chi connectivity index (χ0n) is 17.6. The average molecular weight is 432 g/mol. The summed E-state index contributed by atoms with van der Waals surface area (Å²) in [6.07, 6.45) is 11.5. The van der Waals surface area contributed by atoms with Crippen molar-refractivity contribution in [1.82, 2.24) is 0 Å². The Hall–Kier alpha value is -2.52. The molecule has 2 heterocycles. The number of halogens is 1. The molecule has 2 aliphatic carbocycles. The van der Waals surface area contributed by atoms with Gasteiger partial charge < -0.3 is 9.64 Å². The molecule has 0 aromatic heterocycles. The van der Waals surface area contributed by atoms with Gasteiger partial charge in [0.15, 0.2) is 0 Å². The molecule has 31 heavy (non-hydrogen) atoms. The van der Waals surface area contributed by atoms with E-state index in [1.807, 2.05) is 19.1 Å². The number of carbonyl (C=O) groups is 1. The number of anilines is 1. The fraction of sp³-hybridized carbons (Fsp3) is 0.370. The molecule has 0 N–H and O–H groups in total. The fourth-order valence-corrected chi connectivity index (χ4v) is 6.47. The summed E-state index contributed by atoms with van der Waals surface area (Å²) in [6.45, 7) is 3.31. The monoisotopic (exact) mass is 431 g/mol. The topological polar surface area (TPSA) is 29.5 Å². The molecule has 2 aromatic rings. The SMILES string of the molecule is CCOC(=O)c1cc2c3c(c1)[C@@H]1C=CC[C@@H]1[C@H](c1ccc(Cl)cc1)N3C[C@@H]1CC=C[C@H]21. The molecule has 4 heteroatoms. The quantitative estimate of drug-likeness (QED) is 0.415. The maximum atomic E-state index is 12.7. The maximum Gasteiger partial charge on any atom is 0.338 e. The average Bonchev–Trinajstić information content (AvgIpc) is 3.44. The van der Waals surface area contributed by atoms with Crippen molar-refractivity contribution >= 4 is 23.3 Å². The molecule has 0 unspecified atom stereocenters. The third-order valence-electron chi connectivity index (χ3n) is 7.57. The summed E-state index contributed by atoms with van der Waals surface area (Å²) in [4.78, 5) is 15.4. The number of hydrogen-bond acceptors (Lipinski definition) is 3. The lowest BCUT2D eigenvalue weighted by Gasteiger charge is -2.51. The number of nitrogens with zero attached hydrogens (tertiary/aromatic N) is 1. The first-order valence-corrected chi connectivity index (χ1v) is 11.7. The number of benzene rings is 2. The van der Waals surface area contributed by atoms with Crippen molar-refractivity contribution in [2.75, 3.05) is 18.1 Å². The predicted octanol–water partition coefficient (Wildman–Crippen LogP) is 6.41. The summed E-state index contributed by atoms with van der Waals surface area (Å²) in [5.41, 5.74) is 5.96. The molecule has 158 valence electrons. The van der Waals surface area contributed by atoms with E-state index in [9.17, 15) is 4.79 Å². The molecule has 0 saturated heterocycles. The molecule has 0 amide bonds. The second-order valence-electron chi connectivity index (χ2n) is 9.18. The Morgan fingerprint density at radius 3 is 2.55 bits per heavy atom. The Morgan fingerprint density at radius 2 is 1.77 bits per heavy atom. The Labute approximate surface area is 188 Å². The Balaban J connectivity index is 1.56. The van der Waals surface area contributed by atoms with Crippen LogP contribution in [0, 0.1) is 11.8 Å². The number of ether oxygens (including phenoxy) is 1. The van der Waals surface area contributed by atoms with Gasteiger partial charge in [0.05, 0.1) is 18.2 Å². The second kappa shape index (κ2) is 7.27. The third-order valence-corrected chi connectivity index (χ3v) is 7.82. The predicted molar refractivity (Wildman–Crippen MR) is 124 cm³/mol. The van der Waals surface area contributed by atoms with Crippen LogP contribution in [-0.2, 0) is 4.74 Å². The maximum absolute atomic E-state index is 12.7. The van der Waals surface area contributed by atoms with Crippen molar-refractivity contribution < 1.29 is 9.53 Å². The molecule has 0 spiro atoms. The van der Waals surface area contributed by atoms with Crippen LogP contribution in [0.2, 0.25) is 5.02 Å². The molecule has 6 rings (SSSR count). The highest BCUT2D eigenvalue weighted by Crippen LogP contribution is 2.59. The highest BCUT2D eigenvalue weighted by atomic mass is 35.5. The number of rotatable bonds is 3. The van der Waals surface area contributed by atoms with Crippen LogP contribution >= 0.6 is 11.6 Å². The molecule has 2 aliphatic heterocycles. The van der Waals surface area contributed by atoms with Crippen LogP contribution in [0.3, 0.4) is 0 Å². The van der Waals surface area contributed by atoms with Gasteiger partial charge in [0.25, 0.3) is 0 Å². The van der Waals surface area contributed by atoms with E-state index in [2.05, 4.69) is 53.5 Å². The van der Waals surface area contributed by atoms with Gasteiger partial charge in [0.1, 0.15) is 0 Å². The summed E-state index contributed by atoms with van der Waals surface area (Å²) >= 11 is 6.22. The summed E-state index contributed by atoms with van der Waals surface area (Å²) in [6, 6.07) is 12.9. The largest absolute Gasteiger partial charge is 0.462 e. The van der Waals surface area contributed by atoms with Gasteiger partial charge in [-0.15, -0.1) is 0 Å². The molecule has 0 saturated carbocycles. The van der Waals surface area contributed by atoms with Gasteiger partial charge in [-0.3, -0.25) is 0 Å². The van der Waals surface area contributed by atoms with E-state index in [0.717, 1.165) is 24.4 Å². The molecule has 3 nitrogen and oxygen atoms in total. The minimum Gasteiger partial charge on any atom is -0.462 e. The first kappa shape index (κ1) is 19.2. The van der Waals surface area contributed by atoms with Crippen LogP contribution in [0.15, 0.2) is 60.7 Å². The summed E-state index contributed by atoms with van der Waals surface area (Å²) in [5, 5.41) is 0.777. The van der Waals surface area contributed by atoms with Gasteiger partial charge in [0, 0.05) is 29.1 Å². The van der Waals surface area contributed by atoms with E-state index in [1.54, 1.807) is 0 Å². The molecule has 0 fully saturated rings. The first-order valence-electron chi connectivity index (χ1n) is 11.4. The zero-order valence-corrected chi connectivity index (χ0v) is 18.4. The molecular formula is C27H26ClNO2. The number of fused-ring (bicyclic) bond motifs is 4. The van der Waals surface area contributed by atoms with Crippen molar-refractivity contribution in [3.05, 3.63) is 88.0 Å². The minimum absolute atomic E-state index is 0.212. The zero-order chi connectivity index (χ0) is 21.1. The van der Waals surface area contributed by atoms with Gasteiger partial charge in [0.2, 0.25) is 0 Å². The van der Waals surface area contributed by atoms with E-state index in [1.165, 1.54) is 22.4 Å². The Kier molecular flexibility index (Phi) is 4.50. The van der Waals surface area contributed by atoms with E-state index >= 15 is 0 Å². The molecule has 0 radical (unpaired) electrons. The summed E-state index contributed by atoms with van der Waals surface area (Å²) < 4.78 is 5.39. The van der Waals surface area contributed by atoms with Crippen LogP contribution in [0.25, 0.3) is 0 Å². The minimum atomic E-state index is -0.212. The Morgan fingerprint density at radius 1 is 1.06 bits per heavy atom. The first-order chi connectivity index (χ1) is 15.2. The van der Waals surface area contributed by atoms with Crippen molar-refractivity contribution in [2.45, 2.75) is 37.6 Å². The molecule has 4 aliphatic rings. The molecular weight excluding hydrogens is 406 g/mol. The van der Waals surface area contributed by atoms with Gasteiger partial charge in [-0.05, 0) is 72.6 Å². The standard InChI is InChI=1S/C27H26ClNO2/c1-2-31-27(30)18-13-23-20-6-3-5-17(20)15-29-25(16-9-11-19(28)12-10-16)22-8-4-7-21(22)24(14-18)26(23)29/h3-4,6-7,9-14,17,20-22,25H,2,5,8,15H2,1H3/t17-,20-,21+,22-,25-/m0/s1. The van der Waals surface area contributed by atoms with Crippen LogP contribution in [-0.4, -0.2) is 19.1 Å². The highest BCUT2D eigenvalue weighted by Gasteiger charge is 2.48. The molecule has 0 bridgehead atoms. The summed E-state index contributed by atoms with van der Waals surface area (Å²) in [5.74, 6) is 1.51. The Bertz CT molecular complexity index is 1090. The smallest absolute Gasteiger partial charge is 0.338 e. The second-order valence-corrected chi connectivity index (χ2v) is 9.61. The van der Waals surface area contributed by atoms with Crippen LogP contribution < -0.4 is 4.90 Å². The number of hydrogen-bond donors (Lipinski definition) is 0. The lowest BCUT2D eigenvalue weighted by atomic mass is 9.70. The van der Waals surface area contributed by atoms with Gasteiger partial charge in [-0.25, -0.2) is 4.79 Å². The number of esters is 1. The molecule has 2 aromatic carbocycles. The third kappa shape index (κ3) is 2.90. The van der Waals surface area contributed by atoms with Gasteiger partial charge >= 0.3 is 5.97 Å². The van der Waals surface area contributed by atoms with Gasteiger partial charge in [-0.1, -0.05) is 48.0 Å². The fourth-order valence-electron chi connectivity index (χ4n) is 6.35. The highest BCUT2D eigenvalue weighted by molar-refractivity contribution is 6.30. The van der Waals surface area contributed by atoms with E-state index < -0.39 is 0 Å². The van der Waals surface area contributed by atoms with Crippen molar-refractivity contribution in [3.63, 3.8) is 0 Å². The van der Waals surface area contributed by atoms with Crippen molar-refractivity contribution in [1.29, 1.82) is 0 Å². The van der Waals surface area contributed by atoms with Crippen molar-refractivity contribution in [2.24, 2.45) is 11.8 Å². The molecule has 5 atom stereocenters. The number of allylic oxidation sites excluding steroid dienone is 4. The van der Waals surface area contributed by atoms with E-state index in [4.69, 9.17) is 16.3 Å². The lowest BCUT2D eigenvalue weighted by Crippen LogP contribution is -2.46. The summed E-state index contributed by atoms with van der Waals surface area (Å²) in [7, 11) is 0. The lowest BCUT2D eigenvalue weighted by molar-refractivity contribution is 0.0526. The van der Waals surface area contributed by atoms with Crippen LogP contribution in [0.4, 0.5) is 5.69 Å².